The van der Waals surface area contributed by atoms with E-state index < -0.39 is 0 Å². The topological polar surface area (TPSA) is 57.7 Å². The first-order valence-corrected chi connectivity index (χ1v) is 8.09. The van der Waals surface area contributed by atoms with Crippen LogP contribution in [0.25, 0.3) is 0 Å². The van der Waals surface area contributed by atoms with E-state index in [0.29, 0.717) is 24.0 Å². The maximum Gasteiger partial charge on any atom is 0.261 e. The van der Waals surface area contributed by atoms with Gasteiger partial charge < -0.3 is 4.90 Å². The molecule has 1 unspecified atom stereocenters. The Bertz CT molecular complexity index is 639. The molecule has 1 aliphatic heterocycles. The van der Waals surface area contributed by atoms with Gasteiger partial charge in [-0.15, -0.1) is 0 Å². The second-order valence-electron chi connectivity index (χ2n) is 6.18. The van der Waals surface area contributed by atoms with Crippen LogP contribution in [0, 0.1) is 6.92 Å². The highest BCUT2D eigenvalue weighted by Gasteiger charge is 2.35. The maximum atomic E-state index is 12.3. The first-order chi connectivity index (χ1) is 10.9. The van der Waals surface area contributed by atoms with Crippen LogP contribution in [0.3, 0.4) is 0 Å². The van der Waals surface area contributed by atoms with E-state index in [4.69, 9.17) is 0 Å². The molecular formula is C18H24N2O3. The van der Waals surface area contributed by atoms with Crippen molar-refractivity contribution in [1.82, 2.24) is 9.80 Å². The van der Waals surface area contributed by atoms with Crippen LogP contribution in [0.4, 0.5) is 0 Å². The lowest BCUT2D eigenvalue weighted by atomic mass is 10.1. The molecule has 23 heavy (non-hydrogen) atoms. The van der Waals surface area contributed by atoms with Gasteiger partial charge in [-0.05, 0) is 38.8 Å². The molecule has 5 nitrogen and oxygen atoms in total. The molecule has 124 valence electrons. The van der Waals surface area contributed by atoms with E-state index in [1.807, 2.05) is 26.8 Å². The fourth-order valence-corrected chi connectivity index (χ4v) is 2.69. The number of imide groups is 1. The lowest BCUT2D eigenvalue weighted by Gasteiger charge is -2.24. The van der Waals surface area contributed by atoms with E-state index in [2.05, 4.69) is 0 Å². The van der Waals surface area contributed by atoms with E-state index >= 15 is 0 Å². The van der Waals surface area contributed by atoms with Gasteiger partial charge in [-0.25, -0.2) is 0 Å². The Hall–Kier alpha value is -2.17. The van der Waals surface area contributed by atoms with Gasteiger partial charge in [0, 0.05) is 26.1 Å². The van der Waals surface area contributed by atoms with Crippen LogP contribution >= 0.6 is 0 Å². The minimum absolute atomic E-state index is 0.0480. The molecule has 0 N–H and O–H groups in total. The van der Waals surface area contributed by atoms with Crippen LogP contribution in [0.15, 0.2) is 18.2 Å². The van der Waals surface area contributed by atoms with Gasteiger partial charge in [0.1, 0.15) is 0 Å². The lowest BCUT2D eigenvalue weighted by molar-refractivity contribution is -0.131. The summed E-state index contributed by atoms with van der Waals surface area (Å²) >= 11 is 0. The van der Waals surface area contributed by atoms with Crippen molar-refractivity contribution in [3.63, 3.8) is 0 Å². The van der Waals surface area contributed by atoms with Gasteiger partial charge in [-0.3, -0.25) is 19.3 Å². The number of aryl methyl sites for hydroxylation is 1. The largest absolute Gasteiger partial charge is 0.343 e. The molecule has 0 spiro atoms. The summed E-state index contributed by atoms with van der Waals surface area (Å²) in [7, 11) is 1.79. The van der Waals surface area contributed by atoms with E-state index in [9.17, 15) is 14.4 Å². The zero-order valence-corrected chi connectivity index (χ0v) is 14.3. The number of rotatable bonds is 6. The van der Waals surface area contributed by atoms with Gasteiger partial charge in [0.2, 0.25) is 5.91 Å². The molecule has 0 bridgehead atoms. The van der Waals surface area contributed by atoms with Crippen LogP contribution < -0.4 is 0 Å². The quantitative estimate of drug-likeness (QED) is 0.758. The Morgan fingerprint density at radius 1 is 1.22 bits per heavy atom. The third kappa shape index (κ3) is 3.44. The second kappa shape index (κ2) is 6.94. The maximum absolute atomic E-state index is 12.3. The molecule has 0 aliphatic carbocycles. The molecular weight excluding hydrogens is 292 g/mol. The Kier molecular flexibility index (Phi) is 5.19. The zero-order chi connectivity index (χ0) is 17.1. The highest BCUT2D eigenvalue weighted by Crippen LogP contribution is 2.24. The molecule has 1 aliphatic rings. The summed E-state index contributed by atoms with van der Waals surface area (Å²) in [5, 5.41) is 0. The van der Waals surface area contributed by atoms with Gasteiger partial charge in [0.25, 0.3) is 11.8 Å². The van der Waals surface area contributed by atoms with Gasteiger partial charge >= 0.3 is 0 Å². The standard InChI is InChI=1S/C18H24N2O3/c1-5-13(3)19(4)16(21)7-6-10-20-17(22)14-9-8-12(2)11-15(14)18(20)23/h8-9,11,13H,5-7,10H2,1-4H3. The average Bonchev–Trinajstić information content (AvgIpc) is 2.77. The fourth-order valence-electron chi connectivity index (χ4n) is 2.69. The molecule has 2 rings (SSSR count). The van der Waals surface area contributed by atoms with Gasteiger partial charge in [-0.2, -0.15) is 0 Å². The average molecular weight is 316 g/mol. The highest BCUT2D eigenvalue weighted by molar-refractivity contribution is 6.21. The summed E-state index contributed by atoms with van der Waals surface area (Å²) in [4.78, 5) is 39.7. The van der Waals surface area contributed by atoms with Crippen molar-refractivity contribution >= 4 is 17.7 Å². The van der Waals surface area contributed by atoms with Gasteiger partial charge in [0.05, 0.1) is 11.1 Å². The highest BCUT2D eigenvalue weighted by atomic mass is 16.2. The molecule has 1 aromatic carbocycles. The first-order valence-electron chi connectivity index (χ1n) is 8.09. The third-order valence-corrected chi connectivity index (χ3v) is 4.54. The molecule has 0 saturated carbocycles. The van der Waals surface area contributed by atoms with Crippen molar-refractivity contribution in [3.8, 4) is 0 Å². The first kappa shape index (κ1) is 17.2. The van der Waals surface area contributed by atoms with Crippen molar-refractivity contribution in [2.24, 2.45) is 0 Å². The Morgan fingerprint density at radius 3 is 2.52 bits per heavy atom. The molecule has 0 aromatic heterocycles. The summed E-state index contributed by atoms with van der Waals surface area (Å²) in [5.74, 6) is -0.462. The number of carbonyl (C=O) groups excluding carboxylic acids is 3. The molecule has 5 heteroatoms. The van der Waals surface area contributed by atoms with Crippen LogP contribution in [0.1, 0.15) is 59.4 Å². The van der Waals surface area contributed by atoms with Gasteiger partial charge in [-0.1, -0.05) is 18.6 Å². The molecule has 1 atom stereocenters. The van der Waals surface area contributed by atoms with E-state index in [0.717, 1.165) is 12.0 Å². The van der Waals surface area contributed by atoms with Crippen LogP contribution in [-0.2, 0) is 4.79 Å². The number of amides is 3. The third-order valence-electron chi connectivity index (χ3n) is 4.54. The normalized spacial score (nSPS) is 14.9. The number of benzene rings is 1. The number of nitrogens with zero attached hydrogens (tertiary/aromatic N) is 2. The van der Waals surface area contributed by atoms with Crippen molar-refractivity contribution < 1.29 is 14.4 Å². The van der Waals surface area contributed by atoms with Crippen LogP contribution in [0.2, 0.25) is 0 Å². The predicted octanol–water partition coefficient (Wildman–Crippen LogP) is 2.63. The minimum Gasteiger partial charge on any atom is -0.343 e. The SMILES string of the molecule is CCC(C)N(C)C(=O)CCCN1C(=O)c2ccc(C)cc2C1=O. The Balaban J connectivity index is 1.94. The Morgan fingerprint density at radius 2 is 1.87 bits per heavy atom. The molecule has 3 amide bonds. The summed E-state index contributed by atoms with van der Waals surface area (Å²) < 4.78 is 0. The van der Waals surface area contributed by atoms with E-state index in [1.165, 1.54) is 4.90 Å². The van der Waals surface area contributed by atoms with Gasteiger partial charge in [0.15, 0.2) is 0 Å². The molecule has 0 fully saturated rings. The second-order valence-corrected chi connectivity index (χ2v) is 6.18. The van der Waals surface area contributed by atoms with Crippen LogP contribution in [-0.4, -0.2) is 47.2 Å². The van der Waals surface area contributed by atoms with Crippen molar-refractivity contribution in [2.45, 2.75) is 46.1 Å². The predicted molar refractivity (Wildman–Crippen MR) is 88.3 cm³/mol. The van der Waals surface area contributed by atoms with E-state index in [-0.39, 0.29) is 30.3 Å². The molecule has 1 heterocycles. The number of fused-ring (bicyclic) bond motifs is 1. The van der Waals surface area contributed by atoms with Crippen molar-refractivity contribution in [3.05, 3.63) is 34.9 Å². The van der Waals surface area contributed by atoms with Crippen molar-refractivity contribution in [2.75, 3.05) is 13.6 Å². The summed E-state index contributed by atoms with van der Waals surface area (Å²) in [6.07, 6.45) is 1.73. The molecule has 0 saturated heterocycles. The summed E-state index contributed by atoms with van der Waals surface area (Å²) in [6, 6.07) is 5.48. The molecule has 1 aromatic rings. The van der Waals surface area contributed by atoms with Crippen molar-refractivity contribution in [1.29, 1.82) is 0 Å². The smallest absolute Gasteiger partial charge is 0.261 e. The monoisotopic (exact) mass is 316 g/mol. The number of hydrogen-bond acceptors (Lipinski definition) is 3. The van der Waals surface area contributed by atoms with E-state index in [1.54, 1.807) is 24.1 Å². The number of hydrogen-bond donors (Lipinski definition) is 0. The number of carbonyl (C=O) groups is 3. The molecule has 0 radical (unpaired) electrons. The lowest BCUT2D eigenvalue weighted by Crippen LogP contribution is -2.36. The zero-order valence-electron chi connectivity index (χ0n) is 14.3. The summed E-state index contributed by atoms with van der Waals surface area (Å²) in [5.41, 5.74) is 1.89. The van der Waals surface area contributed by atoms with Crippen LogP contribution in [0.5, 0.6) is 0 Å². The summed E-state index contributed by atoms with van der Waals surface area (Å²) in [6.45, 7) is 6.22. The fraction of sp³-hybridized carbons (Fsp3) is 0.500. The minimum atomic E-state index is -0.257. The Labute approximate surface area is 137 Å².